The highest BCUT2D eigenvalue weighted by atomic mass is 16.4. The number of aromatic nitrogens is 2. The lowest BCUT2D eigenvalue weighted by Crippen LogP contribution is -2.26. The summed E-state index contributed by atoms with van der Waals surface area (Å²) in [5.41, 5.74) is 0. The molecule has 0 aromatic carbocycles. The van der Waals surface area contributed by atoms with Gasteiger partial charge in [0.15, 0.2) is 5.78 Å². The fourth-order valence-corrected chi connectivity index (χ4v) is 2.61. The number of hydrogen-bond acceptors (Lipinski definition) is 4. The number of nitrogens with zero attached hydrogens (tertiary/aromatic N) is 3. The molecule has 1 unspecified atom stereocenters. The molecular weight excluding hydrogens is 234 g/mol. The summed E-state index contributed by atoms with van der Waals surface area (Å²) in [5, 5.41) is 9.03. The molecule has 1 aromatic rings. The van der Waals surface area contributed by atoms with Crippen molar-refractivity contribution in [3.05, 3.63) is 12.0 Å². The summed E-state index contributed by atoms with van der Waals surface area (Å²) >= 11 is 0. The second-order valence-corrected chi connectivity index (χ2v) is 4.95. The predicted molar refractivity (Wildman–Crippen MR) is 63.5 cm³/mol. The van der Waals surface area contributed by atoms with Crippen LogP contribution in [0.25, 0.3) is 0 Å². The van der Waals surface area contributed by atoms with Gasteiger partial charge in [-0.15, -0.1) is 0 Å². The van der Waals surface area contributed by atoms with Crippen molar-refractivity contribution in [2.75, 3.05) is 18.0 Å². The minimum Gasteiger partial charge on any atom is -0.481 e. The maximum Gasteiger partial charge on any atom is 0.308 e. The standard InChI is InChI=1S/C12H15N3O3/c16-9-3-4-14(6-9)11-7-15-5-8(12(17)18)1-2-10(15)13-11/h7-8H,1-6H2,(H,17,18). The van der Waals surface area contributed by atoms with Gasteiger partial charge in [-0.2, -0.15) is 0 Å². The first kappa shape index (κ1) is 11.3. The van der Waals surface area contributed by atoms with E-state index in [1.54, 1.807) is 0 Å². The van der Waals surface area contributed by atoms with Crippen molar-refractivity contribution < 1.29 is 14.7 Å². The summed E-state index contributed by atoms with van der Waals surface area (Å²) in [4.78, 5) is 28.7. The van der Waals surface area contributed by atoms with Gasteiger partial charge in [-0.3, -0.25) is 9.59 Å². The summed E-state index contributed by atoms with van der Waals surface area (Å²) in [6, 6.07) is 0. The highest BCUT2D eigenvalue weighted by Gasteiger charge is 2.28. The van der Waals surface area contributed by atoms with Crippen LogP contribution in [-0.2, 0) is 22.6 Å². The van der Waals surface area contributed by atoms with E-state index >= 15 is 0 Å². The molecule has 1 fully saturated rings. The second-order valence-electron chi connectivity index (χ2n) is 4.95. The van der Waals surface area contributed by atoms with Crippen molar-refractivity contribution in [3.63, 3.8) is 0 Å². The maximum absolute atomic E-state index is 11.3. The number of rotatable bonds is 2. The number of carbonyl (C=O) groups is 2. The van der Waals surface area contributed by atoms with Gasteiger partial charge in [0.2, 0.25) is 0 Å². The molecule has 6 nitrogen and oxygen atoms in total. The van der Waals surface area contributed by atoms with Crippen LogP contribution in [0.4, 0.5) is 5.82 Å². The lowest BCUT2D eigenvalue weighted by Gasteiger charge is -2.19. The highest BCUT2D eigenvalue weighted by Crippen LogP contribution is 2.24. The minimum atomic E-state index is -0.743. The first-order valence-corrected chi connectivity index (χ1v) is 6.19. The number of hydrogen-bond donors (Lipinski definition) is 1. The van der Waals surface area contributed by atoms with Gasteiger partial charge in [0.05, 0.1) is 12.5 Å². The molecule has 3 rings (SSSR count). The molecule has 0 saturated carbocycles. The van der Waals surface area contributed by atoms with Crippen molar-refractivity contribution >= 4 is 17.6 Å². The molecule has 0 aliphatic carbocycles. The third-order valence-electron chi connectivity index (χ3n) is 3.68. The number of aryl methyl sites for hydroxylation is 1. The van der Waals surface area contributed by atoms with Crippen molar-refractivity contribution in [2.45, 2.75) is 25.8 Å². The quantitative estimate of drug-likeness (QED) is 0.816. The largest absolute Gasteiger partial charge is 0.481 e. The third kappa shape index (κ3) is 1.87. The number of fused-ring (bicyclic) bond motifs is 1. The molecule has 96 valence electrons. The Bertz CT molecular complexity index is 509. The van der Waals surface area contributed by atoms with Crippen molar-refractivity contribution in [1.82, 2.24) is 9.55 Å². The van der Waals surface area contributed by atoms with Gasteiger partial charge in [0.1, 0.15) is 11.6 Å². The van der Waals surface area contributed by atoms with Gasteiger partial charge in [0, 0.05) is 32.1 Å². The van der Waals surface area contributed by atoms with Crippen LogP contribution < -0.4 is 4.90 Å². The summed E-state index contributed by atoms with van der Waals surface area (Å²) in [6.45, 7) is 1.63. The van der Waals surface area contributed by atoms with Gasteiger partial charge >= 0.3 is 5.97 Å². The number of carboxylic acids is 1. The summed E-state index contributed by atoms with van der Waals surface area (Å²) < 4.78 is 1.92. The Hall–Kier alpha value is -1.85. The van der Waals surface area contributed by atoms with Crippen LogP contribution in [0, 0.1) is 5.92 Å². The molecule has 1 atom stereocenters. The Morgan fingerprint density at radius 2 is 2.28 bits per heavy atom. The first-order chi connectivity index (χ1) is 8.63. The maximum atomic E-state index is 11.3. The smallest absolute Gasteiger partial charge is 0.308 e. The molecule has 1 aromatic heterocycles. The van der Waals surface area contributed by atoms with E-state index in [4.69, 9.17) is 5.11 Å². The third-order valence-corrected chi connectivity index (χ3v) is 3.68. The van der Waals surface area contributed by atoms with Crippen molar-refractivity contribution in [1.29, 1.82) is 0 Å². The zero-order valence-corrected chi connectivity index (χ0v) is 10.0. The topological polar surface area (TPSA) is 75.4 Å². The van der Waals surface area contributed by atoms with E-state index in [1.165, 1.54) is 0 Å². The zero-order chi connectivity index (χ0) is 12.7. The molecule has 3 heterocycles. The monoisotopic (exact) mass is 249 g/mol. The highest BCUT2D eigenvalue weighted by molar-refractivity contribution is 5.86. The molecule has 2 aliphatic rings. The minimum absolute atomic E-state index is 0.240. The summed E-state index contributed by atoms with van der Waals surface area (Å²) in [6.07, 6.45) is 3.80. The van der Waals surface area contributed by atoms with Crippen molar-refractivity contribution in [2.24, 2.45) is 5.92 Å². The molecule has 6 heteroatoms. The summed E-state index contributed by atoms with van der Waals surface area (Å²) in [5.74, 6) is 0.917. The van der Waals surface area contributed by atoms with E-state index in [1.807, 2.05) is 15.7 Å². The molecule has 0 bridgehead atoms. The molecular formula is C12H15N3O3. The number of imidazole rings is 1. The average Bonchev–Trinajstić information content (AvgIpc) is 2.93. The lowest BCUT2D eigenvalue weighted by molar-refractivity contribution is -0.142. The Kier molecular flexibility index (Phi) is 2.57. The Labute approximate surface area is 104 Å². The molecule has 0 radical (unpaired) electrons. The van der Waals surface area contributed by atoms with Crippen LogP contribution in [0.15, 0.2) is 6.20 Å². The first-order valence-electron chi connectivity index (χ1n) is 6.19. The number of ketones is 1. The molecule has 2 aliphatic heterocycles. The number of carboxylic acid groups (broad SMARTS) is 1. The number of anilines is 1. The zero-order valence-electron chi connectivity index (χ0n) is 10.0. The Morgan fingerprint density at radius 1 is 1.44 bits per heavy atom. The van der Waals surface area contributed by atoms with Gasteiger partial charge in [-0.25, -0.2) is 4.98 Å². The molecule has 0 amide bonds. The molecule has 0 spiro atoms. The van der Waals surface area contributed by atoms with E-state index < -0.39 is 5.97 Å². The number of carbonyl (C=O) groups excluding carboxylic acids is 1. The van der Waals surface area contributed by atoms with Crippen LogP contribution in [0.2, 0.25) is 0 Å². The SMILES string of the molecule is O=C1CCN(c2cn3c(n2)CCC(C(=O)O)C3)C1. The van der Waals surface area contributed by atoms with Gasteiger partial charge in [0.25, 0.3) is 0 Å². The normalized spacial score (nSPS) is 23.2. The molecule has 1 saturated heterocycles. The van der Waals surface area contributed by atoms with E-state index in [-0.39, 0.29) is 11.7 Å². The fourth-order valence-electron chi connectivity index (χ4n) is 2.61. The number of aliphatic carboxylic acids is 1. The van der Waals surface area contributed by atoms with E-state index in [9.17, 15) is 9.59 Å². The van der Waals surface area contributed by atoms with Crippen LogP contribution in [0.5, 0.6) is 0 Å². The van der Waals surface area contributed by atoms with E-state index in [0.717, 1.165) is 18.2 Å². The average molecular weight is 249 g/mol. The summed E-state index contributed by atoms with van der Waals surface area (Å²) in [7, 11) is 0. The van der Waals surface area contributed by atoms with Crippen LogP contribution in [0.1, 0.15) is 18.7 Å². The lowest BCUT2D eigenvalue weighted by atomic mass is 10.00. The Balaban J connectivity index is 1.81. The predicted octanol–water partition coefficient (Wildman–Crippen LogP) is 0.309. The molecule has 1 N–H and O–H groups in total. The van der Waals surface area contributed by atoms with E-state index in [0.29, 0.717) is 32.4 Å². The van der Waals surface area contributed by atoms with Crippen LogP contribution in [0.3, 0.4) is 0 Å². The van der Waals surface area contributed by atoms with Crippen LogP contribution in [-0.4, -0.2) is 39.5 Å². The Morgan fingerprint density at radius 3 is 2.94 bits per heavy atom. The van der Waals surface area contributed by atoms with Gasteiger partial charge in [-0.05, 0) is 6.42 Å². The van der Waals surface area contributed by atoms with Gasteiger partial charge in [-0.1, -0.05) is 0 Å². The van der Waals surface area contributed by atoms with Crippen LogP contribution >= 0.6 is 0 Å². The number of Topliss-reactive ketones (excluding diaryl/α,β-unsaturated/α-hetero) is 1. The fraction of sp³-hybridized carbons (Fsp3) is 0.583. The van der Waals surface area contributed by atoms with E-state index in [2.05, 4.69) is 4.98 Å². The van der Waals surface area contributed by atoms with Crippen molar-refractivity contribution in [3.8, 4) is 0 Å². The van der Waals surface area contributed by atoms with Gasteiger partial charge < -0.3 is 14.6 Å². The second kappa shape index (κ2) is 4.12. The molecule has 18 heavy (non-hydrogen) atoms.